The van der Waals surface area contributed by atoms with Crippen LogP contribution in [0.1, 0.15) is 16.1 Å². The number of hydrogen-bond acceptors (Lipinski definition) is 5. The van der Waals surface area contributed by atoms with Crippen LogP contribution < -0.4 is 5.32 Å². The van der Waals surface area contributed by atoms with Gasteiger partial charge < -0.3 is 10.1 Å². The summed E-state index contributed by atoms with van der Waals surface area (Å²) in [4.78, 5) is 32.1. The highest BCUT2D eigenvalue weighted by molar-refractivity contribution is 6.02. The molecule has 1 N–H and O–H groups in total. The fraction of sp³-hybridized carbons (Fsp3) is 0.111. The molecule has 120 valence electrons. The molecular formula is C18H15N3O3. The normalized spacial score (nSPS) is 10.4. The van der Waals surface area contributed by atoms with Crippen LogP contribution in [-0.4, -0.2) is 28.5 Å². The lowest BCUT2D eigenvalue weighted by atomic mass is 10.2. The second kappa shape index (κ2) is 6.87. The Labute approximate surface area is 138 Å². The van der Waals surface area contributed by atoms with Crippen molar-refractivity contribution in [3.8, 4) is 0 Å². The summed E-state index contributed by atoms with van der Waals surface area (Å²) >= 11 is 0. The van der Waals surface area contributed by atoms with Gasteiger partial charge in [-0.05, 0) is 43.3 Å². The van der Waals surface area contributed by atoms with E-state index >= 15 is 0 Å². The fourth-order valence-electron chi connectivity index (χ4n) is 2.20. The number of amides is 1. The number of rotatable bonds is 4. The Bertz CT molecular complexity index is 886. The summed E-state index contributed by atoms with van der Waals surface area (Å²) in [6, 6.07) is 12.4. The van der Waals surface area contributed by atoms with Gasteiger partial charge in [0.2, 0.25) is 0 Å². The van der Waals surface area contributed by atoms with E-state index < -0.39 is 11.9 Å². The van der Waals surface area contributed by atoms with Crippen LogP contribution in [-0.2, 0) is 9.53 Å². The van der Waals surface area contributed by atoms with Crippen molar-refractivity contribution in [3.63, 3.8) is 0 Å². The Morgan fingerprint density at radius 2 is 1.96 bits per heavy atom. The van der Waals surface area contributed by atoms with Crippen molar-refractivity contribution in [2.75, 3.05) is 11.9 Å². The highest BCUT2D eigenvalue weighted by Crippen LogP contribution is 2.21. The summed E-state index contributed by atoms with van der Waals surface area (Å²) in [6.07, 6.45) is 3.11. The molecule has 3 rings (SSSR count). The number of nitrogens with zero attached hydrogens (tertiary/aromatic N) is 2. The molecule has 0 saturated carbocycles. The van der Waals surface area contributed by atoms with Gasteiger partial charge >= 0.3 is 5.97 Å². The van der Waals surface area contributed by atoms with Gasteiger partial charge in [-0.25, -0.2) is 4.79 Å². The maximum absolute atomic E-state index is 12.0. The van der Waals surface area contributed by atoms with E-state index in [0.717, 1.165) is 16.6 Å². The molecule has 0 radical (unpaired) electrons. The lowest BCUT2D eigenvalue weighted by Crippen LogP contribution is -2.21. The van der Waals surface area contributed by atoms with Crippen LogP contribution in [0.2, 0.25) is 0 Å². The predicted molar refractivity (Wildman–Crippen MR) is 89.6 cm³/mol. The molecule has 0 aliphatic carbocycles. The molecule has 0 spiro atoms. The Morgan fingerprint density at radius 1 is 1.08 bits per heavy atom. The molecule has 0 aliphatic rings. The number of ether oxygens (including phenoxy) is 1. The molecule has 3 aromatic rings. The van der Waals surface area contributed by atoms with Gasteiger partial charge in [0.25, 0.3) is 5.91 Å². The zero-order chi connectivity index (χ0) is 16.9. The number of fused-ring (bicyclic) bond motifs is 1. The average Bonchev–Trinajstić information content (AvgIpc) is 2.61. The van der Waals surface area contributed by atoms with Crippen LogP contribution in [0.3, 0.4) is 0 Å². The number of pyridine rings is 2. The first-order chi connectivity index (χ1) is 11.6. The summed E-state index contributed by atoms with van der Waals surface area (Å²) in [5.74, 6) is -1.00. The van der Waals surface area contributed by atoms with Crippen LogP contribution in [0.5, 0.6) is 0 Å². The second-order valence-electron chi connectivity index (χ2n) is 5.19. The molecule has 1 amide bonds. The molecule has 24 heavy (non-hydrogen) atoms. The molecule has 0 bridgehead atoms. The number of aromatic nitrogens is 2. The van der Waals surface area contributed by atoms with Crippen molar-refractivity contribution in [3.05, 3.63) is 66.1 Å². The monoisotopic (exact) mass is 321 g/mol. The van der Waals surface area contributed by atoms with Gasteiger partial charge in [0, 0.05) is 23.5 Å². The summed E-state index contributed by atoms with van der Waals surface area (Å²) in [5.41, 5.74) is 2.51. The quantitative estimate of drug-likeness (QED) is 0.747. The lowest BCUT2D eigenvalue weighted by Gasteiger charge is -2.09. The number of anilines is 1. The smallest absolute Gasteiger partial charge is 0.340 e. The molecule has 2 heterocycles. The van der Waals surface area contributed by atoms with Crippen molar-refractivity contribution in [2.45, 2.75) is 6.92 Å². The first kappa shape index (κ1) is 15.6. The minimum absolute atomic E-state index is 0.308. The van der Waals surface area contributed by atoms with E-state index in [1.54, 1.807) is 36.5 Å². The number of carbonyl (C=O) groups excluding carboxylic acids is 2. The fourth-order valence-corrected chi connectivity index (χ4v) is 2.20. The number of benzene rings is 1. The van der Waals surface area contributed by atoms with E-state index in [2.05, 4.69) is 15.3 Å². The zero-order valence-electron chi connectivity index (χ0n) is 13.0. The number of hydrogen-bond donors (Lipinski definition) is 1. The summed E-state index contributed by atoms with van der Waals surface area (Å²) in [6.45, 7) is 1.45. The molecule has 1 aromatic carbocycles. The minimum Gasteiger partial charge on any atom is -0.452 e. The van der Waals surface area contributed by atoms with Gasteiger partial charge in [0.15, 0.2) is 6.61 Å². The standard InChI is InChI=1S/C18H15N3O3/c1-12-7-8-13(10-20-12)18(23)24-11-17(22)21-16-6-2-5-15-14(16)4-3-9-19-15/h2-10H,11H2,1H3,(H,21,22). The highest BCUT2D eigenvalue weighted by atomic mass is 16.5. The van der Waals surface area contributed by atoms with Gasteiger partial charge in [-0.1, -0.05) is 6.07 Å². The van der Waals surface area contributed by atoms with E-state index in [0.29, 0.717) is 11.3 Å². The van der Waals surface area contributed by atoms with Crippen molar-refractivity contribution in [1.82, 2.24) is 9.97 Å². The summed E-state index contributed by atoms with van der Waals surface area (Å²) in [7, 11) is 0. The largest absolute Gasteiger partial charge is 0.452 e. The SMILES string of the molecule is Cc1ccc(C(=O)OCC(=O)Nc2cccc3ncccc23)cn1. The van der Waals surface area contributed by atoms with Gasteiger partial charge in [0.1, 0.15) is 0 Å². The number of carbonyl (C=O) groups is 2. The van der Waals surface area contributed by atoms with E-state index in [1.807, 2.05) is 19.1 Å². The predicted octanol–water partition coefficient (Wildman–Crippen LogP) is 2.73. The van der Waals surface area contributed by atoms with E-state index in [4.69, 9.17) is 4.74 Å². The lowest BCUT2D eigenvalue weighted by molar-refractivity contribution is -0.119. The molecule has 0 unspecified atom stereocenters. The number of esters is 1. The molecule has 2 aromatic heterocycles. The Hall–Kier alpha value is -3.28. The average molecular weight is 321 g/mol. The first-order valence-electron chi connectivity index (χ1n) is 7.37. The first-order valence-corrected chi connectivity index (χ1v) is 7.37. The minimum atomic E-state index is -0.586. The Kier molecular flexibility index (Phi) is 4.47. The van der Waals surface area contributed by atoms with Crippen LogP contribution in [0.25, 0.3) is 10.9 Å². The van der Waals surface area contributed by atoms with Crippen LogP contribution >= 0.6 is 0 Å². The van der Waals surface area contributed by atoms with Crippen LogP contribution in [0.15, 0.2) is 54.9 Å². The number of nitrogens with one attached hydrogen (secondary N) is 1. The molecule has 0 atom stereocenters. The Balaban J connectivity index is 1.63. The second-order valence-corrected chi connectivity index (χ2v) is 5.19. The summed E-state index contributed by atoms with van der Waals surface area (Å²) in [5, 5.41) is 3.55. The highest BCUT2D eigenvalue weighted by Gasteiger charge is 2.11. The van der Waals surface area contributed by atoms with Crippen molar-refractivity contribution in [2.24, 2.45) is 0 Å². The van der Waals surface area contributed by atoms with E-state index in [-0.39, 0.29) is 6.61 Å². The molecule has 0 aliphatic heterocycles. The molecule has 6 heteroatoms. The molecule has 6 nitrogen and oxygen atoms in total. The maximum Gasteiger partial charge on any atom is 0.340 e. The third kappa shape index (κ3) is 3.55. The van der Waals surface area contributed by atoms with E-state index in [9.17, 15) is 9.59 Å². The van der Waals surface area contributed by atoms with Crippen LogP contribution in [0.4, 0.5) is 5.69 Å². The van der Waals surface area contributed by atoms with Crippen LogP contribution in [0, 0.1) is 6.92 Å². The van der Waals surface area contributed by atoms with Gasteiger partial charge in [0.05, 0.1) is 16.8 Å². The van der Waals surface area contributed by atoms with Crippen molar-refractivity contribution < 1.29 is 14.3 Å². The topological polar surface area (TPSA) is 81.2 Å². The number of aryl methyl sites for hydroxylation is 1. The zero-order valence-corrected chi connectivity index (χ0v) is 13.0. The third-order valence-corrected chi connectivity index (χ3v) is 3.40. The van der Waals surface area contributed by atoms with Gasteiger partial charge in [-0.15, -0.1) is 0 Å². The van der Waals surface area contributed by atoms with Gasteiger partial charge in [-0.3, -0.25) is 14.8 Å². The van der Waals surface area contributed by atoms with Crippen molar-refractivity contribution >= 4 is 28.5 Å². The molecular weight excluding hydrogens is 306 g/mol. The van der Waals surface area contributed by atoms with E-state index in [1.165, 1.54) is 6.20 Å². The molecule has 0 saturated heterocycles. The summed E-state index contributed by atoms with van der Waals surface area (Å²) < 4.78 is 5.01. The Morgan fingerprint density at radius 3 is 2.75 bits per heavy atom. The van der Waals surface area contributed by atoms with Gasteiger partial charge in [-0.2, -0.15) is 0 Å². The molecule has 0 fully saturated rings. The maximum atomic E-state index is 12.0. The third-order valence-electron chi connectivity index (χ3n) is 3.40. The van der Waals surface area contributed by atoms with Crippen molar-refractivity contribution in [1.29, 1.82) is 0 Å².